The standard InChI is InChI=1S/C24H38O16/c1-24(2)35-8-14(40-24)7-34-23-22(39-19(28)13-32-6)21(38-18(27)12-31-5)20(37-17(26)11-30-4)15(36-23)9-33-16(25)10-29-3/h14-15,20-23H,7-13H2,1-6H3/t14?,15-,20-,21+,22+,23+/m1/s1. The van der Waals surface area contributed by atoms with Gasteiger partial charge in [0, 0.05) is 28.4 Å². The van der Waals surface area contributed by atoms with E-state index in [1.807, 2.05) is 0 Å². The molecule has 0 aromatic carbocycles. The summed E-state index contributed by atoms with van der Waals surface area (Å²) in [6.45, 7) is 1.35. The molecule has 0 radical (unpaired) electrons. The van der Waals surface area contributed by atoms with Gasteiger partial charge in [0.1, 0.15) is 45.2 Å². The normalized spacial score (nSPS) is 27.6. The summed E-state index contributed by atoms with van der Waals surface area (Å²) in [4.78, 5) is 49.5. The van der Waals surface area contributed by atoms with E-state index in [2.05, 4.69) is 0 Å². The lowest BCUT2D eigenvalue weighted by Gasteiger charge is -2.44. The van der Waals surface area contributed by atoms with Crippen molar-refractivity contribution in [3.63, 3.8) is 0 Å². The van der Waals surface area contributed by atoms with Crippen molar-refractivity contribution in [3.05, 3.63) is 0 Å². The first-order chi connectivity index (χ1) is 19.0. The zero-order valence-corrected chi connectivity index (χ0v) is 23.4. The Morgan fingerprint density at radius 3 is 1.70 bits per heavy atom. The van der Waals surface area contributed by atoms with Gasteiger partial charge in [-0.3, -0.25) is 0 Å². The predicted octanol–water partition coefficient (Wildman–Crippen LogP) is -1.26. The summed E-state index contributed by atoms with van der Waals surface area (Å²) in [5.74, 6) is -4.19. The van der Waals surface area contributed by atoms with Crippen LogP contribution in [0.15, 0.2) is 0 Å². The molecule has 16 nitrogen and oxygen atoms in total. The molecule has 0 aromatic heterocycles. The summed E-state index contributed by atoms with van der Waals surface area (Å²) in [7, 11) is 5.13. The summed E-state index contributed by atoms with van der Waals surface area (Å²) in [6.07, 6.45) is -7.57. The Labute approximate surface area is 231 Å². The molecule has 6 atom stereocenters. The van der Waals surface area contributed by atoms with Crippen LogP contribution in [0.2, 0.25) is 0 Å². The number of carbonyl (C=O) groups is 4. The van der Waals surface area contributed by atoms with Gasteiger partial charge >= 0.3 is 23.9 Å². The first-order valence-corrected chi connectivity index (χ1v) is 12.3. The van der Waals surface area contributed by atoms with Crippen LogP contribution >= 0.6 is 0 Å². The molecule has 2 aliphatic rings. The second kappa shape index (κ2) is 16.7. The summed E-state index contributed by atoms with van der Waals surface area (Å²) in [5.41, 5.74) is 0. The minimum atomic E-state index is -1.49. The van der Waals surface area contributed by atoms with Crippen molar-refractivity contribution in [1.29, 1.82) is 0 Å². The topological polar surface area (TPSA) is 179 Å². The van der Waals surface area contributed by atoms with Crippen LogP contribution in [-0.2, 0) is 76.0 Å². The van der Waals surface area contributed by atoms with E-state index < -0.39 is 92.9 Å². The van der Waals surface area contributed by atoms with Crippen LogP contribution in [0.4, 0.5) is 0 Å². The van der Waals surface area contributed by atoms with Crippen molar-refractivity contribution in [2.75, 3.05) is 74.7 Å². The fourth-order valence-electron chi connectivity index (χ4n) is 3.84. The first-order valence-electron chi connectivity index (χ1n) is 12.3. The second-order valence-electron chi connectivity index (χ2n) is 9.11. The summed E-state index contributed by atoms with van der Waals surface area (Å²) < 4.78 is 64.2. The van der Waals surface area contributed by atoms with E-state index in [4.69, 9.17) is 56.8 Å². The molecule has 16 heteroatoms. The van der Waals surface area contributed by atoms with Crippen LogP contribution in [0.1, 0.15) is 13.8 Å². The van der Waals surface area contributed by atoms with Crippen LogP contribution in [0.3, 0.4) is 0 Å². The van der Waals surface area contributed by atoms with Gasteiger partial charge in [-0.05, 0) is 13.8 Å². The van der Waals surface area contributed by atoms with E-state index in [0.29, 0.717) is 0 Å². The van der Waals surface area contributed by atoms with Gasteiger partial charge in [0.2, 0.25) is 0 Å². The maximum atomic E-state index is 12.5. The van der Waals surface area contributed by atoms with Gasteiger partial charge in [-0.25, -0.2) is 19.2 Å². The lowest BCUT2D eigenvalue weighted by Crippen LogP contribution is -2.63. The number of esters is 4. The third-order valence-electron chi connectivity index (χ3n) is 5.36. The third kappa shape index (κ3) is 10.9. The maximum Gasteiger partial charge on any atom is 0.332 e. The van der Waals surface area contributed by atoms with Crippen LogP contribution in [0.5, 0.6) is 0 Å². The molecule has 0 N–H and O–H groups in total. The van der Waals surface area contributed by atoms with Crippen molar-refractivity contribution in [1.82, 2.24) is 0 Å². The molecule has 2 saturated heterocycles. The summed E-state index contributed by atoms with van der Waals surface area (Å²) in [6, 6.07) is 0. The number of methoxy groups -OCH3 is 4. The van der Waals surface area contributed by atoms with Gasteiger partial charge in [-0.15, -0.1) is 0 Å². The lowest BCUT2D eigenvalue weighted by atomic mass is 9.98. The molecule has 40 heavy (non-hydrogen) atoms. The van der Waals surface area contributed by atoms with Gasteiger partial charge in [0.25, 0.3) is 0 Å². The Bertz CT molecular complexity index is 832. The van der Waals surface area contributed by atoms with Crippen molar-refractivity contribution < 1.29 is 76.0 Å². The molecular formula is C24H38O16. The molecule has 230 valence electrons. The molecule has 2 heterocycles. The molecule has 2 aliphatic heterocycles. The van der Waals surface area contributed by atoms with Crippen molar-refractivity contribution in [2.24, 2.45) is 0 Å². The Kier molecular flexibility index (Phi) is 14.1. The molecule has 1 unspecified atom stereocenters. The Morgan fingerprint density at radius 1 is 0.700 bits per heavy atom. The number of hydrogen-bond donors (Lipinski definition) is 0. The van der Waals surface area contributed by atoms with E-state index >= 15 is 0 Å². The van der Waals surface area contributed by atoms with E-state index in [-0.39, 0.29) is 19.8 Å². The van der Waals surface area contributed by atoms with Gasteiger partial charge in [-0.1, -0.05) is 0 Å². The molecule has 0 bridgehead atoms. The zero-order chi connectivity index (χ0) is 29.7. The number of hydrogen-bond acceptors (Lipinski definition) is 16. The summed E-state index contributed by atoms with van der Waals surface area (Å²) in [5, 5.41) is 0. The van der Waals surface area contributed by atoms with Gasteiger partial charge in [0.05, 0.1) is 13.2 Å². The Hall–Kier alpha value is -2.44. The monoisotopic (exact) mass is 582 g/mol. The molecule has 0 aromatic rings. The minimum Gasteiger partial charge on any atom is -0.461 e. The van der Waals surface area contributed by atoms with Crippen molar-refractivity contribution >= 4 is 23.9 Å². The highest BCUT2D eigenvalue weighted by atomic mass is 16.8. The Morgan fingerprint density at radius 2 is 1.20 bits per heavy atom. The molecular weight excluding hydrogens is 544 g/mol. The highest BCUT2D eigenvalue weighted by Crippen LogP contribution is 2.31. The third-order valence-corrected chi connectivity index (χ3v) is 5.36. The maximum absolute atomic E-state index is 12.5. The van der Waals surface area contributed by atoms with Crippen LogP contribution in [-0.4, -0.2) is 141 Å². The average Bonchev–Trinajstić information content (AvgIpc) is 3.23. The van der Waals surface area contributed by atoms with Gasteiger partial charge in [0.15, 0.2) is 30.4 Å². The van der Waals surface area contributed by atoms with E-state index in [1.54, 1.807) is 13.8 Å². The fourth-order valence-corrected chi connectivity index (χ4v) is 3.84. The molecule has 0 aliphatic carbocycles. The van der Waals surface area contributed by atoms with Crippen LogP contribution < -0.4 is 0 Å². The van der Waals surface area contributed by atoms with Crippen LogP contribution in [0.25, 0.3) is 0 Å². The first kappa shape index (κ1) is 33.8. The quantitative estimate of drug-likeness (QED) is 0.155. The molecule has 2 rings (SSSR count). The van der Waals surface area contributed by atoms with Gasteiger partial charge < -0.3 is 56.8 Å². The van der Waals surface area contributed by atoms with Crippen molar-refractivity contribution in [3.8, 4) is 0 Å². The zero-order valence-electron chi connectivity index (χ0n) is 23.4. The number of carbonyl (C=O) groups excluding carboxylic acids is 4. The predicted molar refractivity (Wildman–Crippen MR) is 128 cm³/mol. The van der Waals surface area contributed by atoms with E-state index in [9.17, 15) is 19.2 Å². The van der Waals surface area contributed by atoms with Crippen molar-refractivity contribution in [2.45, 2.75) is 56.4 Å². The average molecular weight is 583 g/mol. The lowest BCUT2D eigenvalue weighted by molar-refractivity contribution is -0.313. The highest BCUT2D eigenvalue weighted by Gasteiger charge is 2.53. The molecule has 0 spiro atoms. The van der Waals surface area contributed by atoms with Crippen LogP contribution in [0, 0.1) is 0 Å². The largest absolute Gasteiger partial charge is 0.461 e. The number of rotatable bonds is 16. The molecule has 0 saturated carbocycles. The van der Waals surface area contributed by atoms with E-state index in [1.165, 1.54) is 28.4 Å². The van der Waals surface area contributed by atoms with Gasteiger partial charge in [-0.2, -0.15) is 0 Å². The molecule has 2 fully saturated rings. The van der Waals surface area contributed by atoms with E-state index in [0.717, 1.165) is 0 Å². The highest BCUT2D eigenvalue weighted by molar-refractivity contribution is 5.73. The number of ether oxygens (including phenoxy) is 12. The summed E-state index contributed by atoms with van der Waals surface area (Å²) >= 11 is 0. The smallest absolute Gasteiger partial charge is 0.332 e. The fraction of sp³-hybridized carbons (Fsp3) is 0.833. The Balaban J connectivity index is 2.41. The molecule has 0 amide bonds. The SMILES string of the molecule is COCC(=O)OC[C@H]1O[C@H](OCC2COC(C)(C)O2)[C@@H](OC(=O)COC)[C@@H](OC(=O)COC)[C@@H]1OC(=O)COC. The minimum absolute atomic E-state index is 0.0878. The second-order valence-corrected chi connectivity index (χ2v) is 9.11.